The van der Waals surface area contributed by atoms with E-state index in [2.05, 4.69) is 79.2 Å². The van der Waals surface area contributed by atoms with Gasteiger partial charge >= 0.3 is 11.9 Å². The smallest absolute Gasteiger partial charge is 0.328 e. The summed E-state index contributed by atoms with van der Waals surface area (Å²) in [5.41, 5.74) is 2.24. The van der Waals surface area contributed by atoms with E-state index in [4.69, 9.17) is 23.7 Å². The Morgan fingerprint density at radius 3 is 1.85 bits per heavy atom. The van der Waals surface area contributed by atoms with E-state index in [0.717, 1.165) is 50.5 Å². The molecule has 2 aliphatic rings. The number of anilines is 1. The highest BCUT2D eigenvalue weighted by atomic mass is 79.9. The molecule has 2 fully saturated rings. The number of carbonyl (C=O) groups excluding carboxylic acids is 9. The highest BCUT2D eigenvalue weighted by Crippen LogP contribution is 2.59. The Morgan fingerprint density at radius 1 is 0.667 bits per heavy atom. The number of unbranched alkanes of at least 4 members (excludes halogenated alkanes) is 13. The zero-order valence-corrected chi connectivity index (χ0v) is 56.0. The lowest BCUT2D eigenvalue weighted by Gasteiger charge is -2.27. The Kier molecular flexibility index (Phi) is 32.1. The number of aryl methyl sites for hydroxylation is 1. The third kappa shape index (κ3) is 25.8. The molecule has 28 heteroatoms. The van der Waals surface area contributed by atoms with Crippen LogP contribution in [0.3, 0.4) is 0 Å². The summed E-state index contributed by atoms with van der Waals surface area (Å²) in [4.78, 5) is 133. The SMILES string of the molecule is COC(=O)CCCCCCCCCCCCCCCCC(=O)N[C@@H](CCC(=O)NCCOCCOCC(=O)NCCOCCOCC(=O)NCc1ncc(-c2cc3c(C(C)=O)nn(CC(=O)N4[C@H](C(=O)Nc5nc(Br)ccc5C)C[C@@]5(C)C[C@@H]45)c3cn2)cn1)C(=O)OC. The average molecular weight is 1360 g/mol. The molecule has 4 aromatic heterocycles. The number of Topliss-reactive ketones (excluding diaryl/α,β-unsaturated/α-hetero) is 1. The molecule has 0 spiro atoms. The van der Waals surface area contributed by atoms with Gasteiger partial charge in [0.15, 0.2) is 5.78 Å². The normalized spacial score (nSPS) is 15.9. The third-order valence-corrected chi connectivity index (χ3v) is 16.8. The van der Waals surface area contributed by atoms with Crippen molar-refractivity contribution in [1.29, 1.82) is 0 Å². The summed E-state index contributed by atoms with van der Waals surface area (Å²) >= 11 is 3.36. The minimum atomic E-state index is -0.923. The van der Waals surface area contributed by atoms with Crippen molar-refractivity contribution >= 4 is 85.8 Å². The van der Waals surface area contributed by atoms with Crippen LogP contribution in [0.2, 0.25) is 0 Å². The fourth-order valence-corrected chi connectivity index (χ4v) is 11.3. The standard InChI is InChI=1S/C65H93BrN12O15/c1-44-22-24-53(66)74-62(44)75-63(86)50-35-65(3)36-52(65)78(50)59(84)41-77-51-39-69-49(34-47(51)61(76-77)45(2)79)46-37-70-54(71-38-46)40-72-58(83)43-93-33-31-91-29-27-68-57(82)42-92-32-30-90-28-26-67-55(80)25-23-48(64(87)89-5)73-56(81)20-18-16-14-12-10-8-6-7-9-11-13-15-17-19-21-60(85)88-4/h22,24,34,37-39,48,50,52H,6-21,23,25-33,35-36,40-43H2,1-5H3,(H,67,80)(H,68,82)(H,72,83)(H,73,81)(H,74,75,86)/t48-,50-,52+,65-/m0/s1. The van der Waals surface area contributed by atoms with Crippen LogP contribution < -0.4 is 26.6 Å². The number of nitrogens with zero attached hydrogens (tertiary/aromatic N) is 7. The lowest BCUT2D eigenvalue weighted by molar-refractivity contribution is -0.145. The molecular formula is C65H93BrN12O15. The molecule has 1 aliphatic carbocycles. The van der Waals surface area contributed by atoms with Crippen molar-refractivity contribution in [3.8, 4) is 11.3 Å². The summed E-state index contributed by atoms with van der Waals surface area (Å²) in [5, 5.41) is 18.8. The van der Waals surface area contributed by atoms with Gasteiger partial charge in [0, 0.05) is 68.7 Å². The molecule has 0 radical (unpaired) electrons. The topological polar surface area (TPSA) is 342 Å². The van der Waals surface area contributed by atoms with E-state index >= 15 is 0 Å². The van der Waals surface area contributed by atoms with Crippen molar-refractivity contribution in [2.24, 2.45) is 5.41 Å². The number of carbonyl (C=O) groups is 9. The van der Waals surface area contributed by atoms with Gasteiger partial charge in [-0.15, -0.1) is 0 Å². The summed E-state index contributed by atoms with van der Waals surface area (Å²) in [5.74, 6) is -2.21. The molecule has 0 bridgehead atoms. The summed E-state index contributed by atoms with van der Waals surface area (Å²) in [6.07, 6.45) is 22.4. The molecule has 510 valence electrons. The predicted octanol–water partition coefficient (Wildman–Crippen LogP) is 6.34. The average Bonchev–Trinajstić information content (AvgIpc) is 1.55. The first-order chi connectivity index (χ1) is 44.9. The zero-order chi connectivity index (χ0) is 67.0. The highest BCUT2D eigenvalue weighted by Gasteiger charge is 2.64. The minimum Gasteiger partial charge on any atom is -0.469 e. The van der Waals surface area contributed by atoms with Crippen LogP contribution in [0, 0.1) is 12.3 Å². The first-order valence-corrected chi connectivity index (χ1v) is 33.2. The van der Waals surface area contributed by atoms with Crippen molar-refractivity contribution in [1.82, 2.24) is 55.9 Å². The number of ketones is 1. The molecule has 4 aromatic rings. The Balaban J connectivity index is 0.737. The Labute approximate surface area is 551 Å². The summed E-state index contributed by atoms with van der Waals surface area (Å²) in [7, 11) is 2.67. The quantitative estimate of drug-likeness (QED) is 0.0139. The zero-order valence-electron chi connectivity index (χ0n) is 54.5. The fourth-order valence-electron chi connectivity index (χ4n) is 11.0. The lowest BCUT2D eigenvalue weighted by Crippen LogP contribution is -2.47. The van der Waals surface area contributed by atoms with E-state index in [1.165, 1.54) is 83.4 Å². The van der Waals surface area contributed by atoms with Crippen molar-refractivity contribution in [3.05, 3.63) is 58.5 Å². The van der Waals surface area contributed by atoms with Crippen LogP contribution in [0.5, 0.6) is 0 Å². The second kappa shape index (κ2) is 40.0. The molecule has 1 aliphatic heterocycles. The minimum absolute atomic E-state index is 0.00348. The van der Waals surface area contributed by atoms with Gasteiger partial charge in [0.2, 0.25) is 35.4 Å². The molecule has 27 nitrogen and oxygen atoms in total. The number of aromatic nitrogens is 6. The molecule has 0 aromatic carbocycles. The molecule has 93 heavy (non-hydrogen) atoms. The van der Waals surface area contributed by atoms with Gasteiger partial charge in [0.05, 0.1) is 77.8 Å². The molecule has 5 N–H and O–H groups in total. The van der Waals surface area contributed by atoms with Crippen molar-refractivity contribution in [3.63, 3.8) is 0 Å². The number of ether oxygens (including phenoxy) is 6. The first-order valence-electron chi connectivity index (χ1n) is 32.4. The Bertz CT molecular complexity index is 3110. The van der Waals surface area contributed by atoms with E-state index < -0.39 is 24.0 Å². The monoisotopic (exact) mass is 1360 g/mol. The van der Waals surface area contributed by atoms with Crippen LogP contribution >= 0.6 is 15.9 Å². The molecule has 4 atom stereocenters. The molecule has 1 saturated heterocycles. The van der Waals surface area contributed by atoms with Gasteiger partial charge in [-0.2, -0.15) is 5.10 Å². The Hall–Kier alpha value is -7.40. The first kappa shape index (κ1) is 74.6. The number of amides is 6. The third-order valence-electron chi connectivity index (χ3n) is 16.3. The molecule has 5 heterocycles. The second-order valence-corrected chi connectivity index (χ2v) is 24.5. The number of methoxy groups -OCH3 is 2. The van der Waals surface area contributed by atoms with Gasteiger partial charge in [0.25, 0.3) is 0 Å². The molecule has 6 amide bonds. The predicted molar refractivity (Wildman–Crippen MR) is 346 cm³/mol. The van der Waals surface area contributed by atoms with Gasteiger partial charge < -0.3 is 59.9 Å². The lowest BCUT2D eigenvalue weighted by atomic mass is 10.0. The Morgan fingerprint density at radius 2 is 1.25 bits per heavy atom. The maximum atomic E-state index is 14.1. The second-order valence-electron chi connectivity index (χ2n) is 23.7. The van der Waals surface area contributed by atoms with Crippen LogP contribution in [0.1, 0.15) is 164 Å². The molecular weight excluding hydrogens is 1270 g/mol. The van der Waals surface area contributed by atoms with Crippen LogP contribution in [-0.2, 0) is 79.9 Å². The fraction of sp³-hybridized carbons (Fsp3) is 0.631. The van der Waals surface area contributed by atoms with Crippen molar-refractivity contribution < 1.29 is 71.6 Å². The van der Waals surface area contributed by atoms with Gasteiger partial charge in [0.1, 0.15) is 53.8 Å². The maximum Gasteiger partial charge on any atom is 0.328 e. The largest absolute Gasteiger partial charge is 0.469 e. The van der Waals surface area contributed by atoms with Gasteiger partial charge in [-0.25, -0.2) is 19.7 Å². The van der Waals surface area contributed by atoms with Gasteiger partial charge in [-0.1, -0.05) is 90.0 Å². The highest BCUT2D eigenvalue weighted by molar-refractivity contribution is 9.10. The van der Waals surface area contributed by atoms with Crippen LogP contribution in [-0.4, -0.2) is 186 Å². The number of likely N-dealkylation sites (tertiary alicyclic amines) is 1. The number of nitrogens with one attached hydrogen (secondary N) is 5. The molecule has 6 rings (SSSR count). The van der Waals surface area contributed by atoms with E-state index in [-0.39, 0.29) is 150 Å². The van der Waals surface area contributed by atoms with E-state index in [0.29, 0.717) is 57.7 Å². The number of fused-ring (bicyclic) bond motifs is 2. The number of rotatable bonds is 46. The molecule has 1 saturated carbocycles. The number of halogens is 1. The number of piperidine rings is 1. The maximum absolute atomic E-state index is 14.1. The summed E-state index contributed by atoms with van der Waals surface area (Å²) in [6.45, 7) is 6.21. The van der Waals surface area contributed by atoms with Crippen molar-refractivity contribution in [2.45, 2.75) is 180 Å². The van der Waals surface area contributed by atoms with E-state index in [1.54, 1.807) is 29.4 Å². The number of pyridine rings is 2. The van der Waals surface area contributed by atoms with Gasteiger partial charge in [-0.05, 0) is 78.1 Å². The van der Waals surface area contributed by atoms with Crippen LogP contribution in [0.25, 0.3) is 22.2 Å². The summed E-state index contributed by atoms with van der Waals surface area (Å²) < 4.78 is 33.3. The van der Waals surface area contributed by atoms with Crippen LogP contribution in [0.4, 0.5) is 5.82 Å². The van der Waals surface area contributed by atoms with E-state index in [9.17, 15) is 43.2 Å². The van der Waals surface area contributed by atoms with E-state index in [1.807, 2.05) is 13.0 Å². The van der Waals surface area contributed by atoms with Gasteiger partial charge in [-0.3, -0.25) is 48.0 Å². The molecule has 0 unspecified atom stereocenters. The van der Waals surface area contributed by atoms with Crippen molar-refractivity contribution in [2.75, 3.05) is 85.5 Å². The van der Waals surface area contributed by atoms with Crippen LogP contribution in [0.15, 0.2) is 41.4 Å². The number of hydrogen-bond acceptors (Lipinski definition) is 20. The summed E-state index contributed by atoms with van der Waals surface area (Å²) in [6, 6.07) is 3.60. The number of esters is 2. The number of hydrogen-bond donors (Lipinski definition) is 5.